The van der Waals surface area contributed by atoms with Crippen molar-refractivity contribution in [3.05, 3.63) is 69.5 Å². The number of amides is 1. The van der Waals surface area contributed by atoms with Gasteiger partial charge in [-0.2, -0.15) is 0 Å². The van der Waals surface area contributed by atoms with E-state index in [0.29, 0.717) is 29.4 Å². The van der Waals surface area contributed by atoms with Crippen LogP contribution in [0.1, 0.15) is 162 Å². The van der Waals surface area contributed by atoms with Gasteiger partial charge in [-0.3, -0.25) is 14.4 Å². The number of ether oxygens (including phenoxy) is 1. The van der Waals surface area contributed by atoms with Crippen LogP contribution in [0.5, 0.6) is 0 Å². The minimum atomic E-state index is -0.465. The van der Waals surface area contributed by atoms with Crippen molar-refractivity contribution in [2.45, 2.75) is 152 Å². The largest absolute Gasteiger partial charge is 0.460 e. The molecule has 2 unspecified atom stereocenters. The number of nitrogens with two attached hydrogens (primary N) is 1. The molecule has 292 valence electrons. The third kappa shape index (κ3) is 19.9. The summed E-state index contributed by atoms with van der Waals surface area (Å²) in [6.07, 6.45) is 17.3. The molecule has 1 aliphatic rings. The molecule has 0 bridgehead atoms. The van der Waals surface area contributed by atoms with Gasteiger partial charge in [0, 0.05) is 35.1 Å². The molecule has 1 aromatic carbocycles. The first kappa shape index (κ1) is 50.6. The molecule has 0 saturated heterocycles. The molecule has 0 aromatic heterocycles. The number of primary amides is 1. The number of esters is 1. The van der Waals surface area contributed by atoms with Crippen molar-refractivity contribution in [3.63, 3.8) is 0 Å². The lowest BCUT2D eigenvalue weighted by molar-refractivity contribution is -0.155. The number of rotatable bonds is 15. The summed E-state index contributed by atoms with van der Waals surface area (Å²) in [5, 5.41) is 0.667. The zero-order chi connectivity index (χ0) is 40.8. The highest BCUT2D eigenvalue weighted by atomic mass is 35.5. The van der Waals surface area contributed by atoms with E-state index >= 15 is 0 Å². The number of hydrogen-bond acceptors (Lipinski definition) is 5. The number of Topliss-reactive ketones (excluding diaryl/α,β-unsaturated/α-hetero) is 1. The fraction of sp³-hybridized carbons (Fsp3) is 0.591. The van der Waals surface area contributed by atoms with Gasteiger partial charge in [0.1, 0.15) is 17.7 Å². The molecule has 1 aliphatic carbocycles. The van der Waals surface area contributed by atoms with E-state index in [-0.39, 0.29) is 47.1 Å². The number of halogens is 2. The monoisotopic (exact) mass is 743 g/mol. The van der Waals surface area contributed by atoms with Crippen LogP contribution in [0.2, 0.25) is 0 Å². The fourth-order valence-corrected chi connectivity index (χ4v) is 5.42. The van der Waals surface area contributed by atoms with Gasteiger partial charge in [0.25, 0.3) is 0 Å². The Bertz CT molecular complexity index is 1420. The van der Waals surface area contributed by atoms with E-state index in [9.17, 15) is 18.8 Å². The van der Waals surface area contributed by atoms with Gasteiger partial charge in [0.05, 0.1) is 5.56 Å². The summed E-state index contributed by atoms with van der Waals surface area (Å²) >= 11 is 6.07. The number of carbonyl (C=O) groups excluding carboxylic acids is 4. The van der Waals surface area contributed by atoms with Crippen LogP contribution in [0.25, 0.3) is 0 Å². The molecule has 2 atom stereocenters. The van der Waals surface area contributed by atoms with Crippen molar-refractivity contribution in [3.8, 4) is 12.3 Å². The molecular weight excluding hydrogens is 677 g/mol. The van der Waals surface area contributed by atoms with E-state index in [1.54, 1.807) is 13.0 Å². The Morgan fingerprint density at radius 2 is 1.65 bits per heavy atom. The molecule has 52 heavy (non-hydrogen) atoms. The lowest BCUT2D eigenvalue weighted by atomic mass is 9.78. The number of terminal acetylenes is 1. The van der Waals surface area contributed by atoms with Crippen LogP contribution in [0.4, 0.5) is 4.39 Å². The second-order valence-electron chi connectivity index (χ2n) is 14.9. The molecule has 1 saturated carbocycles. The number of allylic oxidation sites excluding steroid dienone is 5. The maximum absolute atomic E-state index is 14.0. The SMILES string of the molecule is C#CCC(C)(C)C(/C=C(/Cl)C=C)=C(\C)CCC.CC(CCC(=O)OC(C)(C)C)C(N)=O.CC=O.CCc1c(C2CC2)ccc(F)c1C(=O)C(C)CC. The fourth-order valence-electron chi connectivity index (χ4n) is 5.31. The van der Waals surface area contributed by atoms with Gasteiger partial charge >= 0.3 is 5.97 Å². The van der Waals surface area contributed by atoms with E-state index in [2.05, 4.69) is 40.2 Å². The molecule has 0 radical (unpaired) electrons. The third-order valence-corrected chi connectivity index (χ3v) is 8.76. The lowest BCUT2D eigenvalue weighted by Gasteiger charge is -2.26. The normalized spacial score (nSPS) is 14.2. The molecule has 2 rings (SSSR count). The van der Waals surface area contributed by atoms with Crippen molar-refractivity contribution in [2.24, 2.45) is 23.0 Å². The summed E-state index contributed by atoms with van der Waals surface area (Å²) < 4.78 is 19.1. The van der Waals surface area contributed by atoms with Crippen molar-refractivity contribution in [1.29, 1.82) is 0 Å². The molecule has 1 aromatic rings. The molecular formula is C44H67ClFNO5. The number of hydrogen-bond donors (Lipinski definition) is 1. The summed E-state index contributed by atoms with van der Waals surface area (Å²) in [4.78, 5) is 43.0. The Morgan fingerprint density at radius 1 is 1.10 bits per heavy atom. The number of ketones is 1. The Hall–Kier alpha value is -3.50. The van der Waals surface area contributed by atoms with Gasteiger partial charge in [-0.05, 0) is 108 Å². The van der Waals surface area contributed by atoms with Crippen LogP contribution in [-0.4, -0.2) is 29.5 Å². The van der Waals surface area contributed by atoms with Gasteiger partial charge in [-0.1, -0.05) is 90.8 Å². The van der Waals surface area contributed by atoms with Crippen LogP contribution in [-0.2, 0) is 25.5 Å². The average Bonchev–Trinajstić information content (AvgIpc) is 3.90. The first-order valence-electron chi connectivity index (χ1n) is 18.5. The third-order valence-electron chi connectivity index (χ3n) is 8.50. The second kappa shape index (κ2) is 25.5. The summed E-state index contributed by atoms with van der Waals surface area (Å²) in [5.41, 5.74) is 9.65. The average molecular weight is 744 g/mol. The first-order valence-corrected chi connectivity index (χ1v) is 18.9. The summed E-state index contributed by atoms with van der Waals surface area (Å²) in [5.74, 6) is 1.88. The van der Waals surface area contributed by atoms with Crippen LogP contribution in [0.3, 0.4) is 0 Å². The van der Waals surface area contributed by atoms with Crippen molar-refractivity contribution in [2.75, 3.05) is 0 Å². The predicted molar refractivity (Wildman–Crippen MR) is 216 cm³/mol. The zero-order valence-electron chi connectivity index (χ0n) is 34.1. The predicted octanol–water partition coefficient (Wildman–Crippen LogP) is 11.4. The van der Waals surface area contributed by atoms with Gasteiger partial charge in [0.2, 0.25) is 5.91 Å². The number of aldehydes is 1. The minimum absolute atomic E-state index is 0.0330. The van der Waals surface area contributed by atoms with Gasteiger partial charge in [0.15, 0.2) is 5.78 Å². The van der Waals surface area contributed by atoms with Gasteiger partial charge in [-0.15, -0.1) is 12.3 Å². The van der Waals surface area contributed by atoms with E-state index < -0.39 is 5.60 Å². The maximum atomic E-state index is 14.0. The topological polar surface area (TPSA) is 104 Å². The van der Waals surface area contributed by atoms with Gasteiger partial charge < -0.3 is 15.3 Å². The highest BCUT2D eigenvalue weighted by Gasteiger charge is 2.30. The Balaban J connectivity index is 0. The Morgan fingerprint density at radius 3 is 2.06 bits per heavy atom. The summed E-state index contributed by atoms with van der Waals surface area (Å²) in [6.45, 7) is 26.8. The molecule has 1 amide bonds. The van der Waals surface area contributed by atoms with E-state index in [1.807, 2.05) is 53.7 Å². The van der Waals surface area contributed by atoms with Crippen molar-refractivity contribution in [1.82, 2.24) is 0 Å². The molecule has 6 nitrogen and oxygen atoms in total. The van der Waals surface area contributed by atoms with Gasteiger partial charge in [-0.25, -0.2) is 4.39 Å². The highest BCUT2D eigenvalue weighted by Crippen LogP contribution is 2.43. The van der Waals surface area contributed by atoms with Crippen molar-refractivity contribution < 1.29 is 28.3 Å². The lowest BCUT2D eigenvalue weighted by Crippen LogP contribution is -2.25. The van der Waals surface area contributed by atoms with E-state index in [1.165, 1.54) is 42.5 Å². The molecule has 0 spiro atoms. The maximum Gasteiger partial charge on any atom is 0.306 e. The molecule has 0 aliphatic heterocycles. The van der Waals surface area contributed by atoms with Crippen LogP contribution in [0.15, 0.2) is 47.0 Å². The standard InChI is InChI=1S/C16H23Cl.C16H21FO.C10H19NO3.C2H4O/c1-7-10-13(4)15(12-14(17)9-3)16(5,6)11-8-2;1-4-10(3)16(18)15-12(5-2)13(11-6-7-11)8-9-14(15)17;1-7(9(11)13)5-6-8(12)14-10(2,3)4;1-2-3/h2,9,12H,3,7,10-11H2,1,4-6H3;8-11H,4-7H2,1-3H3;7H,5-6H2,1-4H3,(H2,11,13);2H,1H3/b14-12+,15-13+;;;. The van der Waals surface area contributed by atoms with Crippen LogP contribution < -0.4 is 5.73 Å². The first-order chi connectivity index (χ1) is 24.1. The number of benzene rings is 1. The van der Waals surface area contributed by atoms with E-state index in [0.717, 1.165) is 37.5 Å². The molecule has 0 heterocycles. The number of carbonyl (C=O) groups is 4. The summed E-state index contributed by atoms with van der Waals surface area (Å²) in [7, 11) is 0. The summed E-state index contributed by atoms with van der Waals surface area (Å²) in [6, 6.07) is 3.35. The molecule has 8 heteroatoms. The molecule has 2 N–H and O–H groups in total. The Kier molecular flexibility index (Phi) is 24.8. The molecule has 1 fully saturated rings. The zero-order valence-corrected chi connectivity index (χ0v) is 34.9. The van der Waals surface area contributed by atoms with Crippen LogP contribution in [0, 0.1) is 35.4 Å². The van der Waals surface area contributed by atoms with Crippen LogP contribution >= 0.6 is 11.6 Å². The minimum Gasteiger partial charge on any atom is -0.460 e. The van der Waals surface area contributed by atoms with E-state index in [4.69, 9.17) is 33.3 Å². The second-order valence-corrected chi connectivity index (χ2v) is 15.3. The quantitative estimate of drug-likeness (QED) is 0.0633. The van der Waals surface area contributed by atoms with Crippen molar-refractivity contribution >= 4 is 35.5 Å². The smallest absolute Gasteiger partial charge is 0.306 e. The Labute approximate surface area is 320 Å². The highest BCUT2D eigenvalue weighted by molar-refractivity contribution is 6.31.